The third-order valence-corrected chi connectivity index (χ3v) is 4.95. The van der Waals surface area contributed by atoms with E-state index >= 15 is 0 Å². The predicted octanol–water partition coefficient (Wildman–Crippen LogP) is 2.70. The van der Waals surface area contributed by atoms with Crippen LogP contribution in [0.4, 0.5) is 0 Å². The summed E-state index contributed by atoms with van der Waals surface area (Å²) < 4.78 is 9.98. The maximum absolute atomic E-state index is 12.6. The van der Waals surface area contributed by atoms with Crippen LogP contribution < -0.4 is 5.32 Å². The zero-order valence-electron chi connectivity index (χ0n) is 16.1. The van der Waals surface area contributed by atoms with Crippen LogP contribution in [-0.4, -0.2) is 37.9 Å². The summed E-state index contributed by atoms with van der Waals surface area (Å²) in [7, 11) is 0. The maximum atomic E-state index is 12.6. The molecule has 1 saturated heterocycles. The number of hydrogen-bond donors (Lipinski definition) is 1. The number of aromatic nitrogens is 4. The summed E-state index contributed by atoms with van der Waals surface area (Å²) in [5, 5.41) is 7.66. The molecular formula is C19H29N5O2. The minimum Gasteiger partial charge on any atom is -0.368 e. The van der Waals surface area contributed by atoms with Crippen LogP contribution in [0.25, 0.3) is 0 Å². The molecule has 0 bridgehead atoms. The summed E-state index contributed by atoms with van der Waals surface area (Å²) in [5.74, 6) is 0.921. The number of nitrogens with zero attached hydrogens (tertiary/aromatic N) is 4. The van der Waals surface area contributed by atoms with Gasteiger partial charge in [0.15, 0.2) is 0 Å². The van der Waals surface area contributed by atoms with Crippen LogP contribution in [0.15, 0.2) is 18.5 Å². The van der Waals surface area contributed by atoms with Gasteiger partial charge in [-0.05, 0) is 46.6 Å². The van der Waals surface area contributed by atoms with Crippen molar-refractivity contribution in [1.29, 1.82) is 0 Å². The van der Waals surface area contributed by atoms with Crippen molar-refractivity contribution in [3.63, 3.8) is 0 Å². The van der Waals surface area contributed by atoms with Gasteiger partial charge < -0.3 is 14.6 Å². The Morgan fingerprint density at radius 3 is 2.96 bits per heavy atom. The average Bonchev–Trinajstić information content (AvgIpc) is 3.21. The van der Waals surface area contributed by atoms with Crippen molar-refractivity contribution in [3.8, 4) is 0 Å². The number of hydrogen-bond acceptors (Lipinski definition) is 4. The van der Waals surface area contributed by atoms with E-state index in [9.17, 15) is 4.79 Å². The molecule has 0 aromatic carbocycles. The molecule has 3 atom stereocenters. The lowest BCUT2D eigenvalue weighted by molar-refractivity contribution is -0.125. The lowest BCUT2D eigenvalue weighted by Gasteiger charge is -2.32. The highest BCUT2D eigenvalue weighted by Gasteiger charge is 2.32. The zero-order valence-corrected chi connectivity index (χ0v) is 16.1. The number of rotatable bonds is 6. The highest BCUT2D eigenvalue weighted by Crippen LogP contribution is 2.28. The molecular weight excluding hydrogens is 330 g/mol. The van der Waals surface area contributed by atoms with Gasteiger partial charge in [-0.2, -0.15) is 5.10 Å². The van der Waals surface area contributed by atoms with Gasteiger partial charge >= 0.3 is 0 Å². The molecule has 1 amide bonds. The Morgan fingerprint density at radius 1 is 1.46 bits per heavy atom. The molecule has 1 N–H and O–H groups in total. The van der Waals surface area contributed by atoms with Crippen LogP contribution in [0.2, 0.25) is 0 Å². The molecule has 0 spiro atoms. The summed E-state index contributed by atoms with van der Waals surface area (Å²) in [5.41, 5.74) is 2.05. The SMILES string of the molecule is CCn1ccnc1[C@H]1OCCC[C@@H]1NC(=O)CC(C)n1nc(C)cc1C. The van der Waals surface area contributed by atoms with Crippen molar-refractivity contribution in [1.82, 2.24) is 24.6 Å². The third-order valence-electron chi connectivity index (χ3n) is 4.95. The van der Waals surface area contributed by atoms with Crippen LogP contribution in [0.1, 0.15) is 62.5 Å². The van der Waals surface area contributed by atoms with Crippen LogP contribution >= 0.6 is 0 Å². The molecule has 1 fully saturated rings. The first kappa shape index (κ1) is 18.6. The minimum absolute atomic E-state index is 0.0179. The lowest BCUT2D eigenvalue weighted by Crippen LogP contribution is -2.44. The molecule has 1 unspecified atom stereocenters. The zero-order chi connectivity index (χ0) is 18.7. The second-order valence-corrected chi connectivity index (χ2v) is 7.10. The normalized spacial score (nSPS) is 21.5. The summed E-state index contributed by atoms with van der Waals surface area (Å²) in [6, 6.07) is 2.00. The monoisotopic (exact) mass is 359 g/mol. The van der Waals surface area contributed by atoms with E-state index in [0.29, 0.717) is 13.0 Å². The molecule has 3 heterocycles. The predicted molar refractivity (Wildman–Crippen MR) is 98.8 cm³/mol. The van der Waals surface area contributed by atoms with E-state index in [-0.39, 0.29) is 24.1 Å². The number of carbonyl (C=O) groups excluding carboxylic acids is 1. The fraction of sp³-hybridized carbons (Fsp3) is 0.632. The molecule has 0 radical (unpaired) electrons. The Labute approximate surface area is 154 Å². The highest BCUT2D eigenvalue weighted by molar-refractivity contribution is 5.76. The van der Waals surface area contributed by atoms with Gasteiger partial charge in [-0.3, -0.25) is 9.48 Å². The standard InChI is InChI=1S/C19H29N5O2/c1-5-23-9-8-20-19(23)18-16(7-6-10-26-18)21-17(25)12-15(4)24-14(3)11-13(2)22-24/h8-9,11,15-16,18H,5-7,10,12H2,1-4H3,(H,21,25)/t15?,16-,18-/m0/s1. The number of amides is 1. The molecule has 3 rings (SSSR count). The van der Waals surface area contributed by atoms with Crippen molar-refractivity contribution in [2.24, 2.45) is 0 Å². The Kier molecular flexibility index (Phi) is 5.76. The third kappa shape index (κ3) is 3.98. The molecule has 142 valence electrons. The van der Waals surface area contributed by atoms with Gasteiger partial charge in [0.05, 0.1) is 17.8 Å². The molecule has 7 heteroatoms. The van der Waals surface area contributed by atoms with Crippen molar-refractivity contribution in [3.05, 3.63) is 35.7 Å². The first-order valence-electron chi connectivity index (χ1n) is 9.44. The van der Waals surface area contributed by atoms with Crippen LogP contribution in [0.3, 0.4) is 0 Å². The van der Waals surface area contributed by atoms with Gasteiger partial charge in [0.2, 0.25) is 5.91 Å². The Balaban J connectivity index is 1.66. The first-order valence-corrected chi connectivity index (χ1v) is 9.44. The Morgan fingerprint density at radius 2 is 2.27 bits per heavy atom. The smallest absolute Gasteiger partial charge is 0.222 e. The minimum atomic E-state index is -0.188. The van der Waals surface area contributed by atoms with Gasteiger partial charge in [-0.25, -0.2) is 4.98 Å². The van der Waals surface area contributed by atoms with E-state index in [1.807, 2.05) is 37.7 Å². The summed E-state index contributed by atoms with van der Waals surface area (Å²) in [6.45, 7) is 9.63. The molecule has 2 aromatic rings. The first-order chi connectivity index (χ1) is 12.5. The quantitative estimate of drug-likeness (QED) is 0.861. The summed E-state index contributed by atoms with van der Waals surface area (Å²) >= 11 is 0. The molecule has 7 nitrogen and oxygen atoms in total. The lowest BCUT2D eigenvalue weighted by atomic mass is 10.0. The molecule has 0 aliphatic carbocycles. The van der Waals surface area contributed by atoms with Crippen LogP contribution in [0, 0.1) is 13.8 Å². The van der Waals surface area contributed by atoms with Gasteiger partial charge in [0.25, 0.3) is 0 Å². The Bertz CT molecular complexity index is 751. The van der Waals surface area contributed by atoms with Gasteiger partial charge in [-0.1, -0.05) is 0 Å². The van der Waals surface area contributed by atoms with E-state index in [2.05, 4.69) is 26.9 Å². The average molecular weight is 359 g/mol. The van der Waals surface area contributed by atoms with Crippen molar-refractivity contribution < 1.29 is 9.53 Å². The second-order valence-electron chi connectivity index (χ2n) is 7.10. The van der Waals surface area contributed by atoms with Crippen LogP contribution in [-0.2, 0) is 16.1 Å². The number of carbonyl (C=O) groups is 1. The van der Waals surface area contributed by atoms with E-state index in [1.165, 1.54) is 0 Å². The largest absolute Gasteiger partial charge is 0.368 e. The van der Waals surface area contributed by atoms with E-state index in [4.69, 9.17) is 4.74 Å². The molecule has 1 aliphatic rings. The van der Waals surface area contributed by atoms with E-state index in [1.54, 1.807) is 6.20 Å². The maximum Gasteiger partial charge on any atom is 0.222 e. The van der Waals surface area contributed by atoms with Crippen molar-refractivity contribution in [2.45, 2.75) is 71.7 Å². The number of imidazole rings is 1. The van der Waals surface area contributed by atoms with Gasteiger partial charge in [-0.15, -0.1) is 0 Å². The summed E-state index contributed by atoms with van der Waals surface area (Å²) in [6.07, 6.45) is 5.81. The van der Waals surface area contributed by atoms with E-state index < -0.39 is 0 Å². The van der Waals surface area contributed by atoms with Crippen molar-refractivity contribution >= 4 is 5.91 Å². The van der Waals surface area contributed by atoms with E-state index in [0.717, 1.165) is 36.6 Å². The van der Waals surface area contributed by atoms with Crippen LogP contribution in [0.5, 0.6) is 0 Å². The second kappa shape index (κ2) is 8.03. The molecule has 1 aliphatic heterocycles. The number of nitrogens with one attached hydrogen (secondary N) is 1. The fourth-order valence-corrected chi connectivity index (χ4v) is 3.74. The number of ether oxygens (including phenoxy) is 1. The highest BCUT2D eigenvalue weighted by atomic mass is 16.5. The molecule has 2 aromatic heterocycles. The summed E-state index contributed by atoms with van der Waals surface area (Å²) in [4.78, 5) is 17.1. The van der Waals surface area contributed by atoms with Crippen molar-refractivity contribution in [2.75, 3.05) is 6.61 Å². The van der Waals surface area contributed by atoms with Gasteiger partial charge in [0.1, 0.15) is 11.9 Å². The fourth-order valence-electron chi connectivity index (χ4n) is 3.74. The Hall–Kier alpha value is -2.15. The number of aryl methyl sites for hydroxylation is 3. The van der Waals surface area contributed by atoms with Gasteiger partial charge in [0, 0.05) is 37.7 Å². The topological polar surface area (TPSA) is 74.0 Å². The molecule has 0 saturated carbocycles. The molecule has 26 heavy (non-hydrogen) atoms.